The van der Waals surface area contributed by atoms with Crippen molar-refractivity contribution < 1.29 is 14.3 Å². The van der Waals surface area contributed by atoms with Crippen LogP contribution in [0.25, 0.3) is 11.4 Å². The summed E-state index contributed by atoms with van der Waals surface area (Å²) in [6, 6.07) is 4.54. The Balaban J connectivity index is 2.49. The highest BCUT2D eigenvalue weighted by Crippen LogP contribution is 2.29. The van der Waals surface area contributed by atoms with E-state index < -0.39 is 5.97 Å². The minimum atomic E-state index is -0.915. The summed E-state index contributed by atoms with van der Waals surface area (Å²) in [5, 5.41) is 17.5. The zero-order valence-corrected chi connectivity index (χ0v) is 12.8. The monoisotopic (exact) mass is 309 g/mol. The van der Waals surface area contributed by atoms with Crippen LogP contribution in [0, 0.1) is 12.7 Å². The zero-order valence-electron chi connectivity index (χ0n) is 12.0. The molecule has 2 rings (SSSR count). The number of carbonyl (C=O) groups is 1. The van der Waals surface area contributed by atoms with Crippen molar-refractivity contribution in [2.24, 2.45) is 0 Å². The Morgan fingerprint density at radius 2 is 2.14 bits per heavy atom. The third-order valence-electron chi connectivity index (χ3n) is 2.95. The van der Waals surface area contributed by atoms with E-state index >= 15 is 0 Å². The molecule has 21 heavy (non-hydrogen) atoms. The summed E-state index contributed by atoms with van der Waals surface area (Å²) in [4.78, 5) is 10.7. The Kier molecular flexibility index (Phi) is 4.62. The second-order valence-corrected chi connectivity index (χ2v) is 5.85. The van der Waals surface area contributed by atoms with Crippen LogP contribution in [0.1, 0.15) is 25.5 Å². The summed E-state index contributed by atoms with van der Waals surface area (Å²) in [6.45, 7) is 5.77. The first kappa shape index (κ1) is 15.5. The van der Waals surface area contributed by atoms with Gasteiger partial charge >= 0.3 is 5.97 Å². The molecule has 0 aliphatic carbocycles. The maximum atomic E-state index is 13.5. The molecule has 0 unspecified atom stereocenters. The first-order valence-electron chi connectivity index (χ1n) is 6.46. The molecular formula is C14H16FN3O2S. The number of aryl methyl sites for hydroxylation is 1. The smallest absolute Gasteiger partial charge is 0.313 e. The third-order valence-corrected chi connectivity index (χ3v) is 3.87. The lowest BCUT2D eigenvalue weighted by Crippen LogP contribution is -2.07. The molecule has 2 aromatic rings. The molecular weight excluding hydrogens is 293 g/mol. The van der Waals surface area contributed by atoms with Crippen molar-refractivity contribution in [1.29, 1.82) is 0 Å². The Morgan fingerprint density at radius 3 is 2.76 bits per heavy atom. The van der Waals surface area contributed by atoms with Crippen LogP contribution in [0.3, 0.4) is 0 Å². The average molecular weight is 309 g/mol. The number of thioether (sulfide) groups is 1. The standard InChI is InChI=1S/C14H16FN3O2S/c1-8(2)18-13(11-6-10(15)5-4-9(11)3)16-17-14(18)21-7-12(19)20/h4-6,8H,7H2,1-3H3,(H,19,20). The van der Waals surface area contributed by atoms with Gasteiger partial charge in [-0.05, 0) is 38.5 Å². The molecule has 0 spiro atoms. The molecule has 0 radical (unpaired) electrons. The molecule has 0 aliphatic rings. The molecule has 112 valence electrons. The quantitative estimate of drug-likeness (QED) is 0.859. The fourth-order valence-corrected chi connectivity index (χ4v) is 2.77. The number of carboxylic acid groups (broad SMARTS) is 1. The first-order chi connectivity index (χ1) is 9.90. The molecule has 0 saturated carbocycles. The van der Waals surface area contributed by atoms with Gasteiger partial charge in [0.05, 0.1) is 5.75 Å². The summed E-state index contributed by atoms with van der Waals surface area (Å²) in [5.41, 5.74) is 1.55. The van der Waals surface area contributed by atoms with E-state index in [1.54, 1.807) is 6.07 Å². The largest absolute Gasteiger partial charge is 0.481 e. The van der Waals surface area contributed by atoms with Crippen molar-refractivity contribution in [2.45, 2.75) is 32.0 Å². The SMILES string of the molecule is Cc1ccc(F)cc1-c1nnc(SCC(=O)O)n1C(C)C. The Morgan fingerprint density at radius 1 is 1.43 bits per heavy atom. The number of hydrogen-bond acceptors (Lipinski definition) is 4. The number of hydrogen-bond donors (Lipinski definition) is 1. The van der Waals surface area contributed by atoms with Gasteiger partial charge in [-0.2, -0.15) is 0 Å². The second-order valence-electron chi connectivity index (χ2n) is 4.91. The Labute approximate surface area is 126 Å². The van der Waals surface area contributed by atoms with Crippen LogP contribution in [-0.4, -0.2) is 31.6 Å². The highest BCUT2D eigenvalue weighted by molar-refractivity contribution is 7.99. The van der Waals surface area contributed by atoms with Crippen LogP contribution < -0.4 is 0 Å². The van der Waals surface area contributed by atoms with E-state index in [9.17, 15) is 9.18 Å². The van der Waals surface area contributed by atoms with E-state index in [1.807, 2.05) is 25.3 Å². The first-order valence-corrected chi connectivity index (χ1v) is 7.44. The van der Waals surface area contributed by atoms with Crippen LogP contribution >= 0.6 is 11.8 Å². The highest BCUT2D eigenvalue weighted by Gasteiger charge is 2.19. The van der Waals surface area contributed by atoms with Gasteiger partial charge in [-0.25, -0.2) is 4.39 Å². The molecule has 5 nitrogen and oxygen atoms in total. The molecule has 0 atom stereocenters. The lowest BCUT2D eigenvalue weighted by Gasteiger charge is -2.14. The molecule has 1 N–H and O–H groups in total. The zero-order chi connectivity index (χ0) is 15.6. The van der Waals surface area contributed by atoms with E-state index in [1.165, 1.54) is 12.1 Å². The van der Waals surface area contributed by atoms with E-state index in [-0.39, 0.29) is 17.6 Å². The lowest BCUT2D eigenvalue weighted by atomic mass is 10.1. The fraction of sp³-hybridized carbons (Fsp3) is 0.357. The summed E-state index contributed by atoms with van der Waals surface area (Å²) in [6.07, 6.45) is 0. The molecule has 0 saturated heterocycles. The number of carboxylic acids is 1. The van der Waals surface area contributed by atoms with Crippen molar-refractivity contribution in [3.63, 3.8) is 0 Å². The van der Waals surface area contributed by atoms with E-state index in [4.69, 9.17) is 5.11 Å². The van der Waals surface area contributed by atoms with Crippen LogP contribution in [0.15, 0.2) is 23.4 Å². The summed E-state index contributed by atoms with van der Waals surface area (Å²) in [5.74, 6) is -0.794. The number of aromatic nitrogens is 3. The van der Waals surface area contributed by atoms with Crippen LogP contribution in [0.5, 0.6) is 0 Å². The molecule has 0 amide bonds. The molecule has 0 fully saturated rings. The molecule has 0 bridgehead atoms. The van der Waals surface area contributed by atoms with Gasteiger partial charge in [-0.15, -0.1) is 10.2 Å². The predicted octanol–water partition coefficient (Wildman–Crippen LogP) is 3.15. The molecule has 1 aromatic carbocycles. The lowest BCUT2D eigenvalue weighted by molar-refractivity contribution is -0.133. The number of aliphatic carboxylic acids is 1. The van der Waals surface area contributed by atoms with Crippen LogP contribution in [-0.2, 0) is 4.79 Å². The molecule has 1 aromatic heterocycles. The third kappa shape index (κ3) is 3.41. The maximum Gasteiger partial charge on any atom is 0.313 e. The Bertz CT molecular complexity index is 670. The van der Waals surface area contributed by atoms with Crippen LogP contribution in [0.2, 0.25) is 0 Å². The fourth-order valence-electron chi connectivity index (χ4n) is 1.99. The molecule has 0 aliphatic heterocycles. The van der Waals surface area contributed by atoms with Gasteiger partial charge in [-0.1, -0.05) is 17.8 Å². The van der Waals surface area contributed by atoms with Crippen molar-refractivity contribution in [1.82, 2.24) is 14.8 Å². The number of halogens is 1. The van der Waals surface area contributed by atoms with Crippen LogP contribution in [0.4, 0.5) is 4.39 Å². The van der Waals surface area contributed by atoms with Gasteiger partial charge in [0.15, 0.2) is 11.0 Å². The van der Waals surface area contributed by atoms with E-state index in [0.29, 0.717) is 16.5 Å². The van der Waals surface area contributed by atoms with Crippen molar-refractivity contribution >= 4 is 17.7 Å². The Hall–Kier alpha value is -1.89. The highest BCUT2D eigenvalue weighted by atomic mass is 32.2. The van der Waals surface area contributed by atoms with Gasteiger partial charge in [0.1, 0.15) is 5.82 Å². The normalized spacial score (nSPS) is 11.1. The number of benzene rings is 1. The number of nitrogens with zero attached hydrogens (tertiary/aromatic N) is 3. The molecule has 7 heteroatoms. The van der Waals surface area contributed by atoms with E-state index in [2.05, 4.69) is 10.2 Å². The van der Waals surface area contributed by atoms with E-state index in [0.717, 1.165) is 17.3 Å². The minimum absolute atomic E-state index is 0.0361. The van der Waals surface area contributed by atoms with Gasteiger partial charge in [0.25, 0.3) is 0 Å². The van der Waals surface area contributed by atoms with Gasteiger partial charge < -0.3 is 5.11 Å². The summed E-state index contributed by atoms with van der Waals surface area (Å²) >= 11 is 1.11. The summed E-state index contributed by atoms with van der Waals surface area (Å²) < 4.78 is 15.3. The predicted molar refractivity (Wildman–Crippen MR) is 78.9 cm³/mol. The van der Waals surface area contributed by atoms with Gasteiger partial charge in [-0.3, -0.25) is 9.36 Å². The van der Waals surface area contributed by atoms with Crippen molar-refractivity contribution in [3.05, 3.63) is 29.6 Å². The van der Waals surface area contributed by atoms with Crippen molar-refractivity contribution in [3.8, 4) is 11.4 Å². The molecule has 1 heterocycles. The minimum Gasteiger partial charge on any atom is -0.481 e. The maximum absolute atomic E-state index is 13.5. The topological polar surface area (TPSA) is 68.0 Å². The van der Waals surface area contributed by atoms with Gasteiger partial charge in [0, 0.05) is 11.6 Å². The summed E-state index contributed by atoms with van der Waals surface area (Å²) in [7, 11) is 0. The average Bonchev–Trinajstić information content (AvgIpc) is 2.83. The second kappa shape index (κ2) is 6.26. The van der Waals surface area contributed by atoms with Crippen molar-refractivity contribution in [2.75, 3.05) is 5.75 Å². The van der Waals surface area contributed by atoms with Gasteiger partial charge in [0.2, 0.25) is 0 Å². The number of rotatable bonds is 5.